The number of nitrogens with zero attached hydrogens (tertiary/aromatic N) is 2. The van der Waals surface area contributed by atoms with Gasteiger partial charge in [0.05, 0.1) is 0 Å². The van der Waals surface area contributed by atoms with Crippen molar-refractivity contribution in [1.82, 2.24) is 10.2 Å². The van der Waals surface area contributed by atoms with Gasteiger partial charge in [-0.1, -0.05) is 13.8 Å². The molecule has 0 radical (unpaired) electrons. The van der Waals surface area contributed by atoms with Gasteiger partial charge < -0.3 is 5.32 Å². The molecule has 2 rings (SSSR count). The molecule has 1 aliphatic rings. The van der Waals surface area contributed by atoms with E-state index in [1.165, 1.54) is 6.07 Å². The van der Waals surface area contributed by atoms with Gasteiger partial charge in [-0.15, -0.1) is 10.2 Å². The summed E-state index contributed by atoms with van der Waals surface area (Å²) in [5.41, 5.74) is -0.958. The Balaban J connectivity index is 2.03. The molecule has 0 spiro atoms. The lowest BCUT2D eigenvalue weighted by atomic mass is 9.98. The zero-order valence-corrected chi connectivity index (χ0v) is 10.3. The Morgan fingerprint density at radius 3 is 2.33 bits per heavy atom. The van der Waals surface area contributed by atoms with Gasteiger partial charge in [0.25, 0.3) is 0 Å². The standard InChI is InChI=1S/C12H16F3N3/c1-7-3-4-9(8(7)2)16-11-6-5-10(17-18-11)12(13,14)15/h5-9H,3-4H2,1-2H3,(H,16,18). The fourth-order valence-corrected chi connectivity index (χ4v) is 2.32. The molecule has 0 amide bonds. The van der Waals surface area contributed by atoms with Crippen molar-refractivity contribution in [3.05, 3.63) is 17.8 Å². The van der Waals surface area contributed by atoms with Crippen molar-refractivity contribution in [1.29, 1.82) is 0 Å². The molecule has 3 nitrogen and oxygen atoms in total. The molecule has 0 saturated heterocycles. The van der Waals surface area contributed by atoms with Crippen molar-refractivity contribution in [2.24, 2.45) is 11.8 Å². The Hall–Kier alpha value is -1.33. The smallest absolute Gasteiger partial charge is 0.366 e. The van der Waals surface area contributed by atoms with Gasteiger partial charge in [0.2, 0.25) is 0 Å². The first-order valence-electron chi connectivity index (χ1n) is 6.05. The summed E-state index contributed by atoms with van der Waals surface area (Å²) in [6.45, 7) is 4.33. The van der Waals surface area contributed by atoms with E-state index >= 15 is 0 Å². The number of hydrogen-bond acceptors (Lipinski definition) is 3. The highest BCUT2D eigenvalue weighted by Crippen LogP contribution is 2.33. The predicted octanol–water partition coefficient (Wildman–Crippen LogP) is 3.34. The van der Waals surface area contributed by atoms with Crippen LogP contribution in [0.4, 0.5) is 19.0 Å². The molecule has 0 bridgehead atoms. The van der Waals surface area contributed by atoms with Crippen LogP contribution in [0.25, 0.3) is 0 Å². The van der Waals surface area contributed by atoms with Crippen LogP contribution in [-0.2, 0) is 6.18 Å². The zero-order chi connectivity index (χ0) is 13.3. The molecule has 6 heteroatoms. The average Bonchev–Trinajstić information content (AvgIpc) is 2.61. The molecule has 1 fully saturated rings. The van der Waals surface area contributed by atoms with Crippen LogP contribution >= 0.6 is 0 Å². The Morgan fingerprint density at radius 2 is 1.89 bits per heavy atom. The molecule has 0 aromatic carbocycles. The van der Waals surface area contributed by atoms with Crippen LogP contribution in [0, 0.1) is 11.8 Å². The van der Waals surface area contributed by atoms with E-state index in [2.05, 4.69) is 29.4 Å². The second-order valence-electron chi connectivity index (χ2n) is 4.97. The van der Waals surface area contributed by atoms with E-state index in [9.17, 15) is 13.2 Å². The van der Waals surface area contributed by atoms with E-state index in [0.717, 1.165) is 18.9 Å². The summed E-state index contributed by atoms with van der Waals surface area (Å²) >= 11 is 0. The van der Waals surface area contributed by atoms with E-state index in [1.807, 2.05) is 0 Å². The van der Waals surface area contributed by atoms with Gasteiger partial charge >= 0.3 is 6.18 Å². The van der Waals surface area contributed by atoms with Gasteiger partial charge in [0.1, 0.15) is 5.82 Å². The summed E-state index contributed by atoms with van der Waals surface area (Å²) < 4.78 is 36.9. The van der Waals surface area contributed by atoms with E-state index in [0.29, 0.717) is 17.7 Å². The molecule has 1 N–H and O–H groups in total. The molecule has 18 heavy (non-hydrogen) atoms. The SMILES string of the molecule is CC1CCC(Nc2ccc(C(F)(F)F)nn2)C1C. The Labute approximate surface area is 104 Å². The maximum absolute atomic E-state index is 12.3. The molecule has 1 aromatic heterocycles. The Morgan fingerprint density at radius 1 is 1.17 bits per heavy atom. The maximum Gasteiger partial charge on any atom is 0.435 e. The Bertz CT molecular complexity index is 402. The topological polar surface area (TPSA) is 37.8 Å². The normalized spacial score (nSPS) is 28.4. The van der Waals surface area contributed by atoms with Crippen molar-refractivity contribution in [3.63, 3.8) is 0 Å². The molecule has 100 valence electrons. The van der Waals surface area contributed by atoms with Crippen LogP contribution in [0.5, 0.6) is 0 Å². The van der Waals surface area contributed by atoms with Crippen LogP contribution < -0.4 is 5.32 Å². The van der Waals surface area contributed by atoms with Crippen molar-refractivity contribution >= 4 is 5.82 Å². The second kappa shape index (κ2) is 4.74. The summed E-state index contributed by atoms with van der Waals surface area (Å²) in [5.74, 6) is 1.54. The highest BCUT2D eigenvalue weighted by atomic mass is 19.4. The van der Waals surface area contributed by atoms with E-state index in [4.69, 9.17) is 0 Å². The van der Waals surface area contributed by atoms with Crippen LogP contribution in [0.2, 0.25) is 0 Å². The van der Waals surface area contributed by atoms with Crippen molar-refractivity contribution in [3.8, 4) is 0 Å². The summed E-state index contributed by atoms with van der Waals surface area (Å²) in [5, 5.41) is 9.94. The largest absolute Gasteiger partial charge is 0.435 e. The van der Waals surface area contributed by atoms with Gasteiger partial charge in [-0.05, 0) is 36.8 Å². The fraction of sp³-hybridized carbons (Fsp3) is 0.667. The van der Waals surface area contributed by atoms with Crippen molar-refractivity contribution in [2.75, 3.05) is 5.32 Å². The summed E-state index contributed by atoms with van der Waals surface area (Å²) in [7, 11) is 0. The quantitative estimate of drug-likeness (QED) is 0.885. The average molecular weight is 259 g/mol. The number of anilines is 1. The molecule has 1 heterocycles. The second-order valence-corrected chi connectivity index (χ2v) is 4.97. The first-order valence-corrected chi connectivity index (χ1v) is 6.05. The monoisotopic (exact) mass is 259 g/mol. The van der Waals surface area contributed by atoms with Crippen LogP contribution in [-0.4, -0.2) is 16.2 Å². The van der Waals surface area contributed by atoms with Gasteiger partial charge in [-0.3, -0.25) is 0 Å². The van der Waals surface area contributed by atoms with E-state index in [-0.39, 0.29) is 6.04 Å². The van der Waals surface area contributed by atoms with Crippen LogP contribution in [0.1, 0.15) is 32.4 Å². The third-order valence-electron chi connectivity index (χ3n) is 3.75. The molecule has 3 atom stereocenters. The van der Waals surface area contributed by atoms with Gasteiger partial charge in [-0.2, -0.15) is 13.2 Å². The van der Waals surface area contributed by atoms with Crippen LogP contribution in [0.15, 0.2) is 12.1 Å². The third kappa shape index (κ3) is 2.73. The van der Waals surface area contributed by atoms with Gasteiger partial charge in [0, 0.05) is 6.04 Å². The lowest BCUT2D eigenvalue weighted by Gasteiger charge is -2.19. The summed E-state index contributed by atoms with van der Waals surface area (Å²) in [6.07, 6.45) is -2.28. The van der Waals surface area contributed by atoms with E-state index < -0.39 is 11.9 Å². The van der Waals surface area contributed by atoms with Crippen molar-refractivity contribution < 1.29 is 13.2 Å². The highest BCUT2D eigenvalue weighted by molar-refractivity contribution is 5.35. The number of alkyl halides is 3. The lowest BCUT2D eigenvalue weighted by molar-refractivity contribution is -0.141. The number of nitrogens with one attached hydrogen (secondary N) is 1. The fourth-order valence-electron chi connectivity index (χ4n) is 2.32. The molecule has 0 aliphatic heterocycles. The lowest BCUT2D eigenvalue weighted by Crippen LogP contribution is -2.25. The number of aromatic nitrogens is 2. The molecular weight excluding hydrogens is 243 g/mol. The number of rotatable bonds is 2. The first kappa shape index (κ1) is 13.1. The summed E-state index contributed by atoms with van der Waals surface area (Å²) in [6, 6.07) is 2.57. The van der Waals surface area contributed by atoms with Gasteiger partial charge in [0.15, 0.2) is 5.69 Å². The maximum atomic E-state index is 12.3. The zero-order valence-electron chi connectivity index (χ0n) is 10.3. The minimum atomic E-state index is -4.43. The van der Waals surface area contributed by atoms with Gasteiger partial charge in [-0.25, -0.2) is 0 Å². The molecule has 1 saturated carbocycles. The predicted molar refractivity (Wildman–Crippen MR) is 62.0 cm³/mol. The summed E-state index contributed by atoms with van der Waals surface area (Å²) in [4.78, 5) is 0. The number of halogens is 3. The van der Waals surface area contributed by atoms with Crippen LogP contribution in [0.3, 0.4) is 0 Å². The van der Waals surface area contributed by atoms with Crippen molar-refractivity contribution in [2.45, 2.75) is 38.9 Å². The molecule has 1 aliphatic carbocycles. The third-order valence-corrected chi connectivity index (χ3v) is 3.75. The molecule has 1 aromatic rings. The molecule has 3 unspecified atom stereocenters. The molecular formula is C12H16F3N3. The highest BCUT2D eigenvalue weighted by Gasteiger charge is 2.33. The first-order chi connectivity index (χ1) is 8.38. The van der Waals surface area contributed by atoms with E-state index in [1.54, 1.807) is 0 Å². The Kier molecular flexibility index (Phi) is 3.45. The number of hydrogen-bond donors (Lipinski definition) is 1. The minimum absolute atomic E-state index is 0.269. The minimum Gasteiger partial charge on any atom is -0.366 e.